The monoisotopic (exact) mass is 469 g/mol. The number of carbonyl (C=O) groups is 1. The van der Waals surface area contributed by atoms with Crippen LogP contribution in [0.25, 0.3) is 5.70 Å². The zero-order valence-electron chi connectivity index (χ0n) is 15.8. The van der Waals surface area contributed by atoms with Crippen molar-refractivity contribution in [3.05, 3.63) is 86.1 Å². The Kier molecular flexibility index (Phi) is 5.32. The second-order valence-electron chi connectivity index (χ2n) is 6.42. The Hall–Kier alpha value is -3.53. The van der Waals surface area contributed by atoms with Gasteiger partial charge in [-0.3, -0.25) is 10.1 Å². The number of hydrogen-bond donors (Lipinski definition) is 1. The van der Waals surface area contributed by atoms with Gasteiger partial charge in [0, 0.05) is 16.6 Å². The molecule has 1 aromatic heterocycles. The quantitative estimate of drug-likeness (QED) is 0.342. The van der Waals surface area contributed by atoms with E-state index in [0.29, 0.717) is 22.8 Å². The number of anilines is 1. The van der Waals surface area contributed by atoms with Gasteiger partial charge in [0.1, 0.15) is 12.4 Å². The number of nitrogens with zero attached hydrogens (tertiary/aromatic N) is 4. The van der Waals surface area contributed by atoms with Crippen LogP contribution in [0.1, 0.15) is 24.1 Å². The van der Waals surface area contributed by atoms with E-state index >= 15 is 0 Å². The first-order chi connectivity index (χ1) is 14.5. The summed E-state index contributed by atoms with van der Waals surface area (Å²) < 4.78 is 7.86. The molecule has 2 aromatic carbocycles. The number of non-ortho nitro benzene ring substituents is 1. The first-order valence-corrected chi connectivity index (χ1v) is 9.87. The van der Waals surface area contributed by atoms with E-state index in [-0.39, 0.29) is 12.3 Å². The van der Waals surface area contributed by atoms with E-state index in [4.69, 9.17) is 4.74 Å². The lowest BCUT2D eigenvalue weighted by atomic mass is 9.93. The topological polar surface area (TPSA) is 112 Å². The number of esters is 1. The SMILES string of the molecule is CCOC(=O)C1=C(c2ccc([N+](=O)[O-])cc2)Nc2ncnn2[C@@H]1c1ccc(Br)cc1. The molecule has 0 saturated carbocycles. The highest BCUT2D eigenvalue weighted by Gasteiger charge is 2.36. The molecule has 10 heteroatoms. The third kappa shape index (κ3) is 3.57. The van der Waals surface area contributed by atoms with Gasteiger partial charge in [0.15, 0.2) is 0 Å². The number of ether oxygens (including phenoxy) is 1. The lowest BCUT2D eigenvalue weighted by molar-refractivity contribution is -0.384. The lowest BCUT2D eigenvalue weighted by Crippen LogP contribution is -2.30. The summed E-state index contributed by atoms with van der Waals surface area (Å²) in [5, 5.41) is 18.4. The molecule has 9 nitrogen and oxygen atoms in total. The van der Waals surface area contributed by atoms with Gasteiger partial charge >= 0.3 is 5.97 Å². The van der Waals surface area contributed by atoms with Gasteiger partial charge in [-0.1, -0.05) is 28.1 Å². The van der Waals surface area contributed by atoms with Crippen molar-refractivity contribution in [2.45, 2.75) is 13.0 Å². The highest BCUT2D eigenvalue weighted by molar-refractivity contribution is 9.10. The van der Waals surface area contributed by atoms with Crippen molar-refractivity contribution in [3.8, 4) is 0 Å². The van der Waals surface area contributed by atoms with E-state index in [0.717, 1.165) is 10.0 Å². The van der Waals surface area contributed by atoms with Crippen LogP contribution in [0.3, 0.4) is 0 Å². The van der Waals surface area contributed by atoms with Gasteiger partial charge < -0.3 is 10.1 Å². The third-order valence-corrected chi connectivity index (χ3v) is 5.17. The average Bonchev–Trinajstić information content (AvgIpc) is 3.22. The van der Waals surface area contributed by atoms with Crippen LogP contribution in [0.15, 0.2) is 64.9 Å². The number of carbonyl (C=O) groups excluding carboxylic acids is 1. The van der Waals surface area contributed by atoms with Crippen LogP contribution in [0.5, 0.6) is 0 Å². The summed E-state index contributed by atoms with van der Waals surface area (Å²) >= 11 is 3.42. The molecule has 1 aliphatic heterocycles. The Labute approximate surface area is 179 Å². The fourth-order valence-corrected chi connectivity index (χ4v) is 3.58. The fraction of sp³-hybridized carbons (Fsp3) is 0.150. The molecule has 4 rings (SSSR count). The van der Waals surface area contributed by atoms with Crippen LogP contribution in [0, 0.1) is 10.1 Å². The van der Waals surface area contributed by atoms with Crippen LogP contribution in [0.4, 0.5) is 11.6 Å². The molecular weight excluding hydrogens is 454 g/mol. The van der Waals surface area contributed by atoms with E-state index in [1.165, 1.54) is 18.5 Å². The molecule has 0 spiro atoms. The molecule has 0 bridgehead atoms. The van der Waals surface area contributed by atoms with Crippen LogP contribution < -0.4 is 5.32 Å². The zero-order valence-corrected chi connectivity index (χ0v) is 17.4. The number of benzene rings is 2. The number of hydrogen-bond acceptors (Lipinski definition) is 7. The first-order valence-electron chi connectivity index (χ1n) is 9.07. The molecule has 0 radical (unpaired) electrons. The van der Waals surface area contributed by atoms with Gasteiger partial charge in [0.25, 0.3) is 5.69 Å². The molecular formula is C20H16BrN5O4. The Morgan fingerprint density at radius 2 is 1.93 bits per heavy atom. The zero-order chi connectivity index (χ0) is 21.3. The predicted molar refractivity (Wildman–Crippen MR) is 113 cm³/mol. The van der Waals surface area contributed by atoms with Crippen LogP contribution in [-0.4, -0.2) is 32.3 Å². The van der Waals surface area contributed by atoms with Crippen molar-refractivity contribution >= 4 is 39.2 Å². The van der Waals surface area contributed by atoms with Crippen molar-refractivity contribution in [2.24, 2.45) is 0 Å². The number of nitrogens with one attached hydrogen (secondary N) is 1. The number of nitro groups is 1. The minimum atomic E-state index is -0.582. The number of nitro benzene ring substituents is 1. The summed E-state index contributed by atoms with van der Waals surface area (Å²) in [4.78, 5) is 27.8. The molecule has 0 aliphatic carbocycles. The first kappa shape index (κ1) is 19.8. The predicted octanol–water partition coefficient (Wildman–Crippen LogP) is 3.94. The van der Waals surface area contributed by atoms with Crippen LogP contribution in [0.2, 0.25) is 0 Å². The van der Waals surface area contributed by atoms with E-state index in [1.54, 1.807) is 23.7 Å². The Balaban J connectivity index is 1.92. The number of aromatic nitrogens is 3. The molecule has 0 unspecified atom stereocenters. The summed E-state index contributed by atoms with van der Waals surface area (Å²) in [5.74, 6) is -0.0586. The minimum Gasteiger partial charge on any atom is -0.463 e. The van der Waals surface area contributed by atoms with Crippen LogP contribution >= 0.6 is 15.9 Å². The summed E-state index contributed by atoms with van der Waals surface area (Å²) in [6.45, 7) is 1.93. The van der Waals surface area contributed by atoms with Crippen molar-refractivity contribution in [1.29, 1.82) is 0 Å². The molecule has 0 saturated heterocycles. The van der Waals surface area contributed by atoms with Gasteiger partial charge in [-0.15, -0.1) is 0 Å². The number of halogens is 1. The Bertz CT molecular complexity index is 1140. The maximum Gasteiger partial charge on any atom is 0.338 e. The molecule has 152 valence electrons. The Morgan fingerprint density at radius 1 is 1.23 bits per heavy atom. The molecule has 1 aliphatic rings. The summed E-state index contributed by atoms with van der Waals surface area (Å²) in [5.41, 5.74) is 2.18. The summed E-state index contributed by atoms with van der Waals surface area (Å²) in [6, 6.07) is 12.9. The van der Waals surface area contributed by atoms with Crippen molar-refractivity contribution < 1.29 is 14.5 Å². The van der Waals surface area contributed by atoms with Gasteiger partial charge in [0.2, 0.25) is 5.95 Å². The smallest absolute Gasteiger partial charge is 0.338 e. The number of fused-ring (bicyclic) bond motifs is 1. The highest BCUT2D eigenvalue weighted by atomic mass is 79.9. The van der Waals surface area contributed by atoms with Gasteiger partial charge in [-0.2, -0.15) is 10.1 Å². The molecule has 0 amide bonds. The molecule has 2 heterocycles. The second kappa shape index (κ2) is 8.07. The van der Waals surface area contributed by atoms with Crippen LogP contribution in [-0.2, 0) is 9.53 Å². The standard InChI is InChI=1S/C20H16BrN5O4/c1-2-30-19(27)16-17(12-5-9-15(10-6-12)26(28)29)24-20-22-11-23-25(20)18(16)13-3-7-14(21)8-4-13/h3-11,18H,2H2,1H3,(H,22,23,24)/t18-/m1/s1. The molecule has 3 aromatic rings. The number of rotatable bonds is 5. The Morgan fingerprint density at radius 3 is 2.57 bits per heavy atom. The maximum atomic E-state index is 13.0. The van der Waals surface area contributed by atoms with Crippen molar-refractivity contribution in [3.63, 3.8) is 0 Å². The lowest BCUT2D eigenvalue weighted by Gasteiger charge is -2.29. The van der Waals surface area contributed by atoms with Gasteiger partial charge in [-0.05, 0) is 42.3 Å². The molecule has 1 atom stereocenters. The molecule has 0 fully saturated rings. The van der Waals surface area contributed by atoms with E-state index in [2.05, 4.69) is 31.3 Å². The van der Waals surface area contributed by atoms with Crippen molar-refractivity contribution in [1.82, 2.24) is 14.8 Å². The largest absolute Gasteiger partial charge is 0.463 e. The molecule has 30 heavy (non-hydrogen) atoms. The third-order valence-electron chi connectivity index (χ3n) is 4.65. The van der Waals surface area contributed by atoms with Gasteiger partial charge in [-0.25, -0.2) is 9.48 Å². The highest BCUT2D eigenvalue weighted by Crippen LogP contribution is 2.39. The van der Waals surface area contributed by atoms with E-state index < -0.39 is 16.9 Å². The fourth-order valence-electron chi connectivity index (χ4n) is 3.32. The minimum absolute atomic E-state index is 0.0412. The van der Waals surface area contributed by atoms with Gasteiger partial charge in [0.05, 0.1) is 22.8 Å². The summed E-state index contributed by atoms with van der Waals surface area (Å²) in [7, 11) is 0. The maximum absolute atomic E-state index is 13.0. The average molecular weight is 470 g/mol. The van der Waals surface area contributed by atoms with E-state index in [9.17, 15) is 14.9 Å². The van der Waals surface area contributed by atoms with E-state index in [1.807, 2.05) is 24.3 Å². The molecule has 1 N–H and O–H groups in total. The van der Waals surface area contributed by atoms with Crippen molar-refractivity contribution in [2.75, 3.05) is 11.9 Å². The normalized spacial score (nSPS) is 15.3. The second-order valence-corrected chi connectivity index (χ2v) is 7.34. The summed E-state index contributed by atoms with van der Waals surface area (Å²) in [6.07, 6.45) is 1.40.